The quantitative estimate of drug-likeness (QED) is 0.142. The van der Waals surface area contributed by atoms with Crippen molar-refractivity contribution in [1.82, 2.24) is 0 Å². The Morgan fingerprint density at radius 3 is 1.20 bits per heavy atom. The van der Waals surface area contributed by atoms with E-state index in [1.165, 1.54) is 0 Å². The first kappa shape index (κ1) is 24.8. The third kappa shape index (κ3) is 7.58. The molecule has 0 aromatic heterocycles. The summed E-state index contributed by atoms with van der Waals surface area (Å²) in [6.45, 7) is 0. The number of anilines is 3. The average Bonchev–Trinajstić information content (AvgIpc) is 3.40. The van der Waals surface area contributed by atoms with Crippen LogP contribution in [0.1, 0.15) is 16.4 Å². The lowest BCUT2D eigenvalue weighted by atomic mass is 9.93. The normalized spacial score (nSPS) is 13.9. The minimum atomic E-state index is -0.731. The van der Waals surface area contributed by atoms with Crippen LogP contribution in [0.4, 0.5) is 17.1 Å². The van der Waals surface area contributed by atoms with Crippen LogP contribution in [-0.4, -0.2) is 0 Å². The second kappa shape index (κ2) is 16.0. The molecule has 1 nitrogen and oxygen atoms in total. The zero-order valence-electron chi connectivity index (χ0n) is 43.7. The fourth-order valence-electron chi connectivity index (χ4n) is 7.22. The monoisotopic (exact) mass is 763 g/mol. The molecule has 0 atom stereocenters. The van der Waals surface area contributed by atoms with Crippen LogP contribution in [0.25, 0.3) is 77.5 Å². The molecule has 1 heteroatoms. The van der Waals surface area contributed by atoms with Gasteiger partial charge in [-0.1, -0.05) is 188 Å². The van der Waals surface area contributed by atoms with Gasteiger partial charge in [-0.25, -0.2) is 0 Å². The van der Waals surface area contributed by atoms with Crippen molar-refractivity contribution in [3.8, 4) is 66.8 Å². The minimum absolute atomic E-state index is 0.0533. The van der Waals surface area contributed by atoms with Gasteiger partial charge in [-0.05, 0) is 138 Å². The molecule has 0 aliphatic heterocycles. The SMILES string of the molecule is [2H]c1c([2H])c(-c2ccc3ccccc3c2)c([2H])c(N(c2c([2H])c([2H])c(-c3ccc(-c4ccccc4)cc3)c([2H])c2[2H])c2c([2H])c([2H])c(-c3cc(-c4ccccc4)cc(-c4ccccc4)c3)c([2H])c2[2H])c1[2H]. The molecule has 10 aromatic carbocycles. The summed E-state index contributed by atoms with van der Waals surface area (Å²) < 4.78 is 115. The molecule has 0 spiro atoms. The van der Waals surface area contributed by atoms with Crippen molar-refractivity contribution < 1.29 is 16.4 Å². The molecular weight excluding hydrogens is 711 g/mol. The predicted molar refractivity (Wildman–Crippen MR) is 251 cm³/mol. The maximum Gasteiger partial charge on any atom is 0.0651 e. The smallest absolute Gasteiger partial charge is 0.0651 e. The molecule has 0 fully saturated rings. The van der Waals surface area contributed by atoms with E-state index < -0.39 is 89.6 Å². The van der Waals surface area contributed by atoms with Crippen molar-refractivity contribution >= 4 is 27.8 Å². The van der Waals surface area contributed by atoms with E-state index in [9.17, 15) is 15.1 Å². The van der Waals surface area contributed by atoms with Crippen LogP contribution >= 0.6 is 0 Å². The number of hydrogen-bond acceptors (Lipinski definition) is 1. The zero-order valence-corrected chi connectivity index (χ0v) is 31.7. The van der Waals surface area contributed by atoms with Crippen molar-refractivity contribution in [2.24, 2.45) is 0 Å². The second-order valence-electron chi connectivity index (χ2n) is 14.0. The summed E-state index contributed by atoms with van der Waals surface area (Å²) in [5.74, 6) is 0. The molecule has 0 heterocycles. The summed E-state index contributed by atoms with van der Waals surface area (Å²) in [6.07, 6.45) is 0. The molecule has 278 valence electrons. The molecule has 59 heavy (non-hydrogen) atoms. The summed E-state index contributed by atoms with van der Waals surface area (Å²) in [6, 6.07) is 46.8. The minimum Gasteiger partial charge on any atom is -0.310 e. The number of benzene rings is 10. The molecule has 0 saturated carbocycles. The summed E-state index contributed by atoms with van der Waals surface area (Å²) in [5, 5.41) is 1.63. The standard InChI is InChI=1S/C58H41N/c1-4-13-42(14-5-1)46-23-25-47(26-24-46)48-29-33-56(34-30-48)59(58-22-12-21-51(41-58)52-28-27-45-19-10-11-20-50(45)37-52)57-35-31-49(32-36-57)55-39-53(43-15-6-2-7-16-43)38-54(40-55)44-17-8-3-9-18-44/h1-41H/i12D,21D,22D,29D,30D,31D,32D,33D,34D,35D,36D,41D. The third-order valence-electron chi connectivity index (χ3n) is 10.3. The van der Waals surface area contributed by atoms with Crippen LogP contribution in [0.15, 0.2) is 248 Å². The summed E-state index contributed by atoms with van der Waals surface area (Å²) in [5.41, 5.74) is 4.17. The Bertz CT molecular complexity index is 3600. The van der Waals surface area contributed by atoms with Gasteiger partial charge in [0.25, 0.3) is 0 Å². The fourth-order valence-corrected chi connectivity index (χ4v) is 7.22. The number of nitrogens with zero attached hydrogens (tertiary/aromatic N) is 1. The van der Waals surface area contributed by atoms with Crippen molar-refractivity contribution in [3.05, 3.63) is 248 Å². The Labute approximate surface area is 363 Å². The first-order valence-electron chi connectivity index (χ1n) is 25.3. The molecule has 0 radical (unpaired) electrons. The molecule has 0 bridgehead atoms. The third-order valence-corrected chi connectivity index (χ3v) is 10.3. The van der Waals surface area contributed by atoms with E-state index in [-0.39, 0.29) is 16.7 Å². The molecule has 0 aliphatic carbocycles. The van der Waals surface area contributed by atoms with Crippen LogP contribution in [0.2, 0.25) is 0 Å². The van der Waals surface area contributed by atoms with Crippen LogP contribution in [0.3, 0.4) is 0 Å². The van der Waals surface area contributed by atoms with Gasteiger partial charge in [0.15, 0.2) is 0 Å². The topological polar surface area (TPSA) is 3.24 Å². The van der Waals surface area contributed by atoms with E-state index >= 15 is 0 Å². The maximum absolute atomic E-state index is 9.85. The van der Waals surface area contributed by atoms with E-state index in [4.69, 9.17) is 1.37 Å². The van der Waals surface area contributed by atoms with E-state index in [0.29, 0.717) is 16.7 Å². The Morgan fingerprint density at radius 1 is 0.254 bits per heavy atom. The lowest BCUT2D eigenvalue weighted by molar-refractivity contribution is 1.28. The molecule has 10 rings (SSSR count). The lowest BCUT2D eigenvalue weighted by Crippen LogP contribution is -2.10. The summed E-state index contributed by atoms with van der Waals surface area (Å²) >= 11 is 0. The summed E-state index contributed by atoms with van der Waals surface area (Å²) in [7, 11) is 0. The summed E-state index contributed by atoms with van der Waals surface area (Å²) in [4.78, 5) is 0.899. The van der Waals surface area contributed by atoms with Crippen molar-refractivity contribution in [1.29, 1.82) is 0 Å². The highest BCUT2D eigenvalue weighted by atomic mass is 15.1. The maximum atomic E-state index is 9.85. The van der Waals surface area contributed by atoms with E-state index in [1.54, 1.807) is 42.5 Å². The number of fused-ring (bicyclic) bond motifs is 1. The molecular formula is C58H41N. The Hall–Kier alpha value is -7.74. The van der Waals surface area contributed by atoms with Gasteiger partial charge < -0.3 is 4.90 Å². The molecule has 0 aliphatic rings. The molecule has 0 saturated heterocycles. The van der Waals surface area contributed by atoms with Crippen LogP contribution in [-0.2, 0) is 0 Å². The fraction of sp³-hybridized carbons (Fsp3) is 0. The van der Waals surface area contributed by atoms with E-state index in [0.717, 1.165) is 49.1 Å². The van der Waals surface area contributed by atoms with Gasteiger partial charge in [-0.3, -0.25) is 0 Å². The first-order chi connectivity index (χ1) is 34.2. The zero-order chi connectivity index (χ0) is 49.8. The van der Waals surface area contributed by atoms with Gasteiger partial charge in [-0.15, -0.1) is 0 Å². The van der Waals surface area contributed by atoms with Crippen molar-refractivity contribution in [2.45, 2.75) is 0 Å². The first-order valence-corrected chi connectivity index (χ1v) is 19.3. The van der Waals surface area contributed by atoms with Crippen molar-refractivity contribution in [3.63, 3.8) is 0 Å². The van der Waals surface area contributed by atoms with Gasteiger partial charge in [0, 0.05) is 17.1 Å². The van der Waals surface area contributed by atoms with Crippen LogP contribution in [0.5, 0.6) is 0 Å². The number of hydrogen-bond donors (Lipinski definition) is 0. The van der Waals surface area contributed by atoms with Gasteiger partial charge in [-0.2, -0.15) is 0 Å². The van der Waals surface area contributed by atoms with E-state index in [1.807, 2.05) is 133 Å². The highest BCUT2D eigenvalue weighted by Crippen LogP contribution is 2.40. The van der Waals surface area contributed by atoms with Crippen LogP contribution in [0, 0.1) is 0 Å². The highest BCUT2D eigenvalue weighted by Gasteiger charge is 2.16. The van der Waals surface area contributed by atoms with Gasteiger partial charge >= 0.3 is 0 Å². The molecule has 10 aromatic rings. The Balaban J connectivity index is 1.25. The predicted octanol–water partition coefficient (Wildman–Crippen LogP) is 16.3. The molecule has 0 N–H and O–H groups in total. The second-order valence-corrected chi connectivity index (χ2v) is 14.0. The van der Waals surface area contributed by atoms with E-state index in [2.05, 4.69) is 0 Å². The van der Waals surface area contributed by atoms with Gasteiger partial charge in [0.1, 0.15) is 0 Å². The molecule has 0 amide bonds. The Morgan fingerprint density at radius 2 is 0.661 bits per heavy atom. The van der Waals surface area contributed by atoms with Gasteiger partial charge in [0.05, 0.1) is 16.4 Å². The van der Waals surface area contributed by atoms with Crippen LogP contribution < -0.4 is 4.90 Å². The van der Waals surface area contributed by atoms with Crippen molar-refractivity contribution in [2.75, 3.05) is 4.90 Å². The molecule has 0 unspecified atom stereocenters. The average molecular weight is 764 g/mol. The largest absolute Gasteiger partial charge is 0.310 e. The number of rotatable bonds is 9. The highest BCUT2D eigenvalue weighted by molar-refractivity contribution is 5.89. The Kier molecular flexibility index (Phi) is 6.73. The van der Waals surface area contributed by atoms with Gasteiger partial charge in [0.2, 0.25) is 0 Å². The lowest BCUT2D eigenvalue weighted by Gasteiger charge is -2.26.